The number of nitrogens with one attached hydrogen (secondary N) is 3. The van der Waals surface area contributed by atoms with Crippen LogP contribution in [-0.4, -0.2) is 38.5 Å². The summed E-state index contributed by atoms with van der Waals surface area (Å²) < 4.78 is 3.38. The van der Waals surface area contributed by atoms with Gasteiger partial charge in [0.1, 0.15) is 5.82 Å². The minimum Gasteiger partial charge on any atom is -0.380 e. The zero-order valence-corrected chi connectivity index (χ0v) is 19.4. The Hall–Kier alpha value is -3.91. The number of hydrogen-bond acceptors (Lipinski definition) is 6. The van der Waals surface area contributed by atoms with E-state index in [1.165, 1.54) is 5.56 Å². The molecule has 8 nitrogen and oxygen atoms in total. The van der Waals surface area contributed by atoms with Crippen molar-refractivity contribution in [2.75, 3.05) is 23.7 Å². The van der Waals surface area contributed by atoms with E-state index in [1.54, 1.807) is 22.4 Å². The third kappa shape index (κ3) is 4.72. The lowest BCUT2D eigenvalue weighted by Crippen LogP contribution is -2.44. The molecule has 1 aliphatic heterocycles. The minimum atomic E-state index is 0.0172. The fourth-order valence-corrected chi connectivity index (χ4v) is 4.36. The van der Waals surface area contributed by atoms with Crippen LogP contribution in [0.4, 0.5) is 11.5 Å². The summed E-state index contributed by atoms with van der Waals surface area (Å²) in [6, 6.07) is 16.5. The summed E-state index contributed by atoms with van der Waals surface area (Å²) in [5, 5.41) is 15.2. The van der Waals surface area contributed by atoms with Gasteiger partial charge in [-0.2, -0.15) is 5.10 Å². The molecule has 0 saturated heterocycles. The van der Waals surface area contributed by atoms with Gasteiger partial charge >= 0.3 is 0 Å². The van der Waals surface area contributed by atoms with Crippen molar-refractivity contribution in [2.24, 2.45) is 14.1 Å². The average Bonchev–Trinajstić information content (AvgIpc) is 3.30. The van der Waals surface area contributed by atoms with Crippen molar-refractivity contribution in [2.45, 2.75) is 18.5 Å². The molecule has 0 spiro atoms. The Labute approximate surface area is 198 Å². The molecule has 1 aromatic carbocycles. The van der Waals surface area contributed by atoms with Crippen molar-refractivity contribution >= 4 is 11.5 Å². The van der Waals surface area contributed by atoms with Crippen molar-refractivity contribution in [3.8, 4) is 11.1 Å². The van der Waals surface area contributed by atoms with E-state index in [2.05, 4.69) is 51.4 Å². The van der Waals surface area contributed by atoms with Gasteiger partial charge in [0, 0.05) is 56.4 Å². The third-order valence-electron chi connectivity index (χ3n) is 6.27. The Balaban J connectivity index is 1.32. The first-order chi connectivity index (χ1) is 16.6. The number of aryl methyl sites for hydroxylation is 2. The van der Waals surface area contributed by atoms with Crippen molar-refractivity contribution in [1.29, 1.82) is 0 Å². The van der Waals surface area contributed by atoms with E-state index in [0.29, 0.717) is 0 Å². The molecule has 2 atom stereocenters. The number of pyridine rings is 2. The van der Waals surface area contributed by atoms with Crippen LogP contribution in [-0.2, 0) is 20.5 Å². The van der Waals surface area contributed by atoms with E-state index < -0.39 is 0 Å². The second-order valence-corrected chi connectivity index (χ2v) is 8.73. The fraction of sp³-hybridized carbons (Fsp3) is 0.269. The van der Waals surface area contributed by atoms with Crippen LogP contribution in [0.5, 0.6) is 0 Å². The van der Waals surface area contributed by atoms with Gasteiger partial charge in [0.15, 0.2) is 0 Å². The van der Waals surface area contributed by atoms with Crippen molar-refractivity contribution < 1.29 is 0 Å². The van der Waals surface area contributed by atoms with Crippen LogP contribution in [0.25, 0.3) is 11.1 Å². The molecule has 0 amide bonds. The molecule has 0 fully saturated rings. The Morgan fingerprint density at radius 2 is 1.97 bits per heavy atom. The monoisotopic (exact) mass is 455 g/mol. The highest BCUT2D eigenvalue weighted by molar-refractivity contribution is 5.75. The Morgan fingerprint density at radius 3 is 2.74 bits per heavy atom. The maximum Gasteiger partial charge on any atom is 0.250 e. The summed E-state index contributed by atoms with van der Waals surface area (Å²) >= 11 is 0. The number of rotatable bonds is 7. The van der Waals surface area contributed by atoms with Gasteiger partial charge in [-0.15, -0.1) is 0 Å². The van der Waals surface area contributed by atoms with Crippen LogP contribution in [0.15, 0.2) is 78.1 Å². The van der Waals surface area contributed by atoms with Gasteiger partial charge < -0.3 is 20.5 Å². The first kappa shape index (κ1) is 21.9. The molecule has 3 aromatic heterocycles. The molecular formula is C26H29N7O. The van der Waals surface area contributed by atoms with E-state index in [4.69, 9.17) is 4.98 Å². The maximum atomic E-state index is 12.0. The van der Waals surface area contributed by atoms with Crippen molar-refractivity contribution in [3.63, 3.8) is 0 Å². The van der Waals surface area contributed by atoms with Gasteiger partial charge in [0.25, 0.3) is 5.56 Å². The summed E-state index contributed by atoms with van der Waals surface area (Å²) in [4.78, 5) is 16.7. The molecule has 0 bridgehead atoms. The number of fused-ring (bicyclic) bond motifs is 1. The second-order valence-electron chi connectivity index (χ2n) is 8.73. The summed E-state index contributed by atoms with van der Waals surface area (Å²) in [5.74, 6) is 0.846. The lowest BCUT2D eigenvalue weighted by molar-refractivity contribution is 0.472. The molecule has 5 rings (SSSR count). The maximum absolute atomic E-state index is 12.0. The number of nitrogens with zero attached hydrogens (tertiary/aromatic N) is 4. The zero-order chi connectivity index (χ0) is 23.5. The van der Waals surface area contributed by atoms with E-state index in [9.17, 15) is 4.79 Å². The van der Waals surface area contributed by atoms with Crippen LogP contribution < -0.4 is 21.5 Å². The molecule has 1 aliphatic rings. The predicted molar refractivity (Wildman–Crippen MR) is 135 cm³/mol. The standard InChI is InChI=1S/C26H29N7O/c1-32-11-9-18(12-24(32)34)8-10-27-25(19-6-4-3-5-7-19)23-16-28-22-13-20(14-29-26(22)31-23)21-15-30-33(2)17-21/h3-7,9,11-15,17,23,25,27-28H,8,10,16H2,1-2H3,(H,29,31)/t23-,25-/m1/s1. The zero-order valence-electron chi connectivity index (χ0n) is 19.4. The summed E-state index contributed by atoms with van der Waals surface area (Å²) in [7, 11) is 3.68. The average molecular weight is 456 g/mol. The quantitative estimate of drug-likeness (QED) is 0.397. The summed E-state index contributed by atoms with van der Waals surface area (Å²) in [5.41, 5.74) is 5.33. The number of hydrogen-bond donors (Lipinski definition) is 3. The lowest BCUT2D eigenvalue weighted by atomic mass is 9.97. The lowest BCUT2D eigenvalue weighted by Gasteiger charge is -2.34. The first-order valence-electron chi connectivity index (χ1n) is 11.5. The Morgan fingerprint density at radius 1 is 1.12 bits per heavy atom. The molecule has 0 saturated carbocycles. The summed E-state index contributed by atoms with van der Waals surface area (Å²) in [6.45, 7) is 1.51. The van der Waals surface area contributed by atoms with Crippen LogP contribution >= 0.6 is 0 Å². The molecule has 0 aliphatic carbocycles. The molecule has 4 heterocycles. The number of anilines is 2. The smallest absolute Gasteiger partial charge is 0.250 e. The Bertz CT molecular complexity index is 1330. The molecule has 4 aromatic rings. The van der Waals surface area contributed by atoms with Crippen LogP contribution in [0, 0.1) is 0 Å². The fourth-order valence-electron chi connectivity index (χ4n) is 4.36. The van der Waals surface area contributed by atoms with Gasteiger partial charge in [0.2, 0.25) is 0 Å². The van der Waals surface area contributed by atoms with Crippen LogP contribution in [0.1, 0.15) is 17.2 Å². The van der Waals surface area contributed by atoms with Gasteiger partial charge in [-0.1, -0.05) is 30.3 Å². The van der Waals surface area contributed by atoms with Crippen LogP contribution in [0.2, 0.25) is 0 Å². The highest BCUT2D eigenvalue weighted by Gasteiger charge is 2.27. The number of aromatic nitrogens is 4. The highest BCUT2D eigenvalue weighted by atomic mass is 16.1. The minimum absolute atomic E-state index is 0.0172. The highest BCUT2D eigenvalue weighted by Crippen LogP contribution is 2.32. The van der Waals surface area contributed by atoms with E-state index in [0.717, 1.165) is 47.7 Å². The SMILES string of the molecule is Cn1cc(-c2cnc3c(c2)NC[C@H]([C@H](NCCc2ccn(C)c(=O)c2)c2ccccc2)N3)cn1. The summed E-state index contributed by atoms with van der Waals surface area (Å²) in [6.07, 6.45) is 8.32. The predicted octanol–water partition coefficient (Wildman–Crippen LogP) is 2.96. The van der Waals surface area contributed by atoms with E-state index in [1.807, 2.05) is 44.0 Å². The van der Waals surface area contributed by atoms with Crippen molar-refractivity contribution in [1.82, 2.24) is 24.6 Å². The molecule has 3 N–H and O–H groups in total. The van der Waals surface area contributed by atoms with Crippen molar-refractivity contribution in [3.05, 3.63) is 94.8 Å². The molecule has 8 heteroatoms. The molecule has 0 unspecified atom stereocenters. The van der Waals surface area contributed by atoms with Gasteiger partial charge in [-0.05, 0) is 36.2 Å². The normalized spacial score (nSPS) is 15.8. The van der Waals surface area contributed by atoms with Gasteiger partial charge in [0.05, 0.1) is 24.0 Å². The van der Waals surface area contributed by atoms with Gasteiger partial charge in [-0.3, -0.25) is 9.48 Å². The molecule has 174 valence electrons. The van der Waals surface area contributed by atoms with E-state index >= 15 is 0 Å². The second kappa shape index (κ2) is 9.52. The van der Waals surface area contributed by atoms with E-state index in [-0.39, 0.29) is 17.6 Å². The Kier molecular flexibility index (Phi) is 6.14. The van der Waals surface area contributed by atoms with Gasteiger partial charge in [-0.25, -0.2) is 4.98 Å². The number of benzene rings is 1. The topological polar surface area (TPSA) is 88.8 Å². The molecule has 0 radical (unpaired) electrons. The molecule has 34 heavy (non-hydrogen) atoms. The van der Waals surface area contributed by atoms with Crippen LogP contribution in [0.3, 0.4) is 0 Å². The first-order valence-corrected chi connectivity index (χ1v) is 11.5. The molecular weight excluding hydrogens is 426 g/mol. The third-order valence-corrected chi connectivity index (χ3v) is 6.27. The largest absolute Gasteiger partial charge is 0.380 e.